The summed E-state index contributed by atoms with van der Waals surface area (Å²) in [5.74, 6) is 0. The first-order valence-corrected chi connectivity index (χ1v) is 12.0. The molecule has 0 saturated heterocycles. The number of hydrogen-bond acceptors (Lipinski definition) is 2. The molecule has 0 unspecified atom stereocenters. The molecule has 0 bridgehead atoms. The molecule has 36 heavy (non-hydrogen) atoms. The Hall–Kier alpha value is -1.79. The maximum Gasteiger partial charge on any atom is 4.00 e. The van der Waals surface area contributed by atoms with Gasteiger partial charge in [-0.3, -0.25) is 0 Å². The van der Waals surface area contributed by atoms with Crippen LogP contribution in [0.3, 0.4) is 0 Å². The van der Waals surface area contributed by atoms with E-state index < -0.39 is 0 Å². The van der Waals surface area contributed by atoms with E-state index in [1.54, 1.807) is 0 Å². The fraction of sp³-hybridized carbons (Fsp3) is 0.133. The minimum absolute atomic E-state index is 0. The van der Waals surface area contributed by atoms with Gasteiger partial charge in [-0.15, -0.1) is 85.6 Å². The Morgan fingerprint density at radius 1 is 0.583 bits per heavy atom. The SMILES string of the molecule is C=CCN(CC=C)[Si]N(CC=C)CC=C.[Cl-].[Cl-].[Hf+4].c1ccc2[cH-]ccc2c1.c1ccc2[cH-]ccc2c1. The molecule has 0 amide bonds. The van der Waals surface area contributed by atoms with Gasteiger partial charge in [-0.1, -0.05) is 36.4 Å². The van der Waals surface area contributed by atoms with Gasteiger partial charge in [-0.05, 0) is 0 Å². The first-order valence-electron chi connectivity index (χ1n) is 11.1. The number of hydrogen-bond donors (Lipinski definition) is 0. The maximum absolute atomic E-state index is 3.75. The van der Waals surface area contributed by atoms with E-state index in [9.17, 15) is 0 Å². The molecule has 0 heterocycles. The van der Waals surface area contributed by atoms with E-state index in [0.29, 0.717) is 9.84 Å². The van der Waals surface area contributed by atoms with Crippen molar-refractivity contribution in [3.63, 3.8) is 0 Å². The molecule has 0 spiro atoms. The third-order valence-corrected chi connectivity index (χ3v) is 6.07. The van der Waals surface area contributed by atoms with Gasteiger partial charge in [0.05, 0.1) is 0 Å². The fourth-order valence-corrected chi connectivity index (χ4v) is 4.52. The van der Waals surface area contributed by atoms with Crippen LogP contribution in [-0.2, 0) is 25.8 Å². The summed E-state index contributed by atoms with van der Waals surface area (Å²) in [5.41, 5.74) is 0. The Labute approximate surface area is 251 Å². The Bertz CT molecular complexity index is 954. The predicted molar refractivity (Wildman–Crippen MR) is 149 cm³/mol. The van der Waals surface area contributed by atoms with Crippen molar-refractivity contribution in [2.45, 2.75) is 0 Å². The molecule has 0 aliphatic heterocycles. The third kappa shape index (κ3) is 13.5. The van der Waals surface area contributed by atoms with Crippen LogP contribution in [0.1, 0.15) is 0 Å². The van der Waals surface area contributed by atoms with Crippen LogP contribution in [0.4, 0.5) is 0 Å². The van der Waals surface area contributed by atoms with E-state index in [1.165, 1.54) is 21.5 Å². The molecule has 6 heteroatoms. The van der Waals surface area contributed by atoms with Crippen LogP contribution in [0.5, 0.6) is 0 Å². The largest absolute Gasteiger partial charge is 4.00 e. The quantitative estimate of drug-likeness (QED) is 0.139. The first-order chi connectivity index (χ1) is 16.2. The average Bonchev–Trinajstić information content (AvgIpc) is 3.50. The van der Waals surface area contributed by atoms with Crippen molar-refractivity contribution < 1.29 is 50.7 Å². The minimum atomic E-state index is 0. The van der Waals surface area contributed by atoms with Gasteiger partial charge in [-0.2, -0.15) is 35.0 Å². The third-order valence-electron chi connectivity index (χ3n) is 4.78. The van der Waals surface area contributed by atoms with E-state index in [0.717, 1.165) is 26.2 Å². The molecule has 2 radical (unpaired) electrons. The molecular weight excluding hydrogens is 666 g/mol. The number of halogens is 2. The molecule has 186 valence electrons. The fourth-order valence-electron chi connectivity index (χ4n) is 3.28. The van der Waals surface area contributed by atoms with Gasteiger partial charge in [0, 0.05) is 26.2 Å². The zero-order valence-corrected chi connectivity index (χ0v) is 26.8. The summed E-state index contributed by atoms with van der Waals surface area (Å²) in [6.45, 7) is 18.5. The average molecular weight is 700 g/mol. The van der Waals surface area contributed by atoms with Crippen LogP contribution in [-0.4, -0.2) is 45.2 Å². The zero-order chi connectivity index (χ0) is 23.7. The first kappa shape index (κ1) is 36.4. The summed E-state index contributed by atoms with van der Waals surface area (Å²) >= 11 is 0. The summed E-state index contributed by atoms with van der Waals surface area (Å²) in [6, 6.07) is 29.3. The Morgan fingerprint density at radius 2 is 0.917 bits per heavy atom. The van der Waals surface area contributed by atoms with Gasteiger partial charge < -0.3 is 33.9 Å². The summed E-state index contributed by atoms with van der Waals surface area (Å²) in [7, 11) is 0.623. The van der Waals surface area contributed by atoms with Crippen molar-refractivity contribution in [3.8, 4) is 0 Å². The van der Waals surface area contributed by atoms with Gasteiger partial charge in [0.2, 0.25) is 0 Å². The molecule has 0 aromatic heterocycles. The Balaban J connectivity index is 0. The smallest absolute Gasteiger partial charge is 1.00 e. The van der Waals surface area contributed by atoms with E-state index >= 15 is 0 Å². The van der Waals surface area contributed by atoms with Crippen molar-refractivity contribution in [1.29, 1.82) is 0 Å². The summed E-state index contributed by atoms with van der Waals surface area (Å²) in [5, 5.41) is 5.32. The van der Waals surface area contributed by atoms with E-state index in [2.05, 4.69) is 120 Å². The second kappa shape index (κ2) is 22.4. The predicted octanol–water partition coefficient (Wildman–Crippen LogP) is 0.992. The van der Waals surface area contributed by atoms with Crippen LogP contribution >= 0.6 is 0 Å². The number of nitrogens with zero attached hydrogens (tertiary/aromatic N) is 2. The van der Waals surface area contributed by atoms with Crippen molar-refractivity contribution in [3.05, 3.63) is 136 Å². The van der Waals surface area contributed by atoms with Gasteiger partial charge >= 0.3 is 25.8 Å². The summed E-state index contributed by atoms with van der Waals surface area (Å²) in [4.78, 5) is 0. The van der Waals surface area contributed by atoms with Crippen molar-refractivity contribution >= 4 is 31.4 Å². The molecular formula is C30H34Cl2HfN2Si. The summed E-state index contributed by atoms with van der Waals surface area (Å²) < 4.78 is 4.57. The molecule has 0 atom stereocenters. The van der Waals surface area contributed by atoms with Crippen LogP contribution in [0.25, 0.3) is 21.5 Å². The molecule has 0 saturated carbocycles. The van der Waals surface area contributed by atoms with E-state index in [4.69, 9.17) is 0 Å². The van der Waals surface area contributed by atoms with Crippen LogP contribution < -0.4 is 24.8 Å². The second-order valence-corrected chi connectivity index (χ2v) is 8.84. The number of rotatable bonds is 10. The van der Waals surface area contributed by atoms with Crippen LogP contribution in [0.15, 0.2) is 136 Å². The molecule has 4 rings (SSSR count). The Kier molecular flexibility index (Phi) is 22.6. The van der Waals surface area contributed by atoms with E-state index in [1.807, 2.05) is 24.3 Å². The second-order valence-electron chi connectivity index (χ2n) is 7.37. The van der Waals surface area contributed by atoms with Crippen molar-refractivity contribution in [2.75, 3.05) is 26.2 Å². The monoisotopic (exact) mass is 700 g/mol. The van der Waals surface area contributed by atoms with Gasteiger partial charge in [0.25, 0.3) is 9.84 Å². The van der Waals surface area contributed by atoms with Crippen LogP contribution in [0, 0.1) is 0 Å². The molecule has 0 N–H and O–H groups in total. The zero-order valence-electron chi connectivity index (χ0n) is 20.7. The summed E-state index contributed by atoms with van der Waals surface area (Å²) in [6.07, 6.45) is 7.65. The molecule has 4 aromatic carbocycles. The number of fused-ring (bicyclic) bond motifs is 2. The Morgan fingerprint density at radius 3 is 1.22 bits per heavy atom. The van der Waals surface area contributed by atoms with Gasteiger partial charge in [0.15, 0.2) is 0 Å². The van der Waals surface area contributed by atoms with Gasteiger partial charge in [0.1, 0.15) is 0 Å². The molecule has 0 aliphatic carbocycles. The van der Waals surface area contributed by atoms with E-state index in [-0.39, 0.29) is 50.7 Å². The molecule has 2 nitrogen and oxygen atoms in total. The van der Waals surface area contributed by atoms with Crippen molar-refractivity contribution in [2.24, 2.45) is 0 Å². The number of benzene rings is 2. The normalized spacial score (nSPS) is 9.39. The maximum atomic E-state index is 3.75. The molecule has 4 aromatic rings. The molecule has 0 fully saturated rings. The minimum Gasteiger partial charge on any atom is -1.00 e. The standard InChI is InChI=1S/C12H20N2Si.2C9H7.2ClH.Hf/c1-5-9-13(10-6-2)15-14(11-7-3)12-8-4;2*1-2-5-9-7-3-6-8(9)4-1;;;/h5-8H,1-4,9-12H2;2*1-7H;2*1H;/q;2*-1;;;+4/p-2. The van der Waals surface area contributed by atoms with Gasteiger partial charge in [-0.25, -0.2) is 0 Å². The topological polar surface area (TPSA) is 6.48 Å². The van der Waals surface area contributed by atoms with Crippen molar-refractivity contribution in [1.82, 2.24) is 9.13 Å². The van der Waals surface area contributed by atoms with Crippen LogP contribution in [0.2, 0.25) is 0 Å². The molecule has 0 aliphatic rings.